The molecule has 0 spiro atoms. The Labute approximate surface area is 116 Å². The van der Waals surface area contributed by atoms with Gasteiger partial charge in [0.25, 0.3) is 0 Å². The van der Waals surface area contributed by atoms with E-state index < -0.39 is 0 Å². The molecule has 0 bridgehead atoms. The van der Waals surface area contributed by atoms with Crippen LogP contribution in [0.3, 0.4) is 0 Å². The Kier molecular flexibility index (Phi) is 5.87. The maximum Gasteiger partial charge on any atom is 0.307 e. The molecule has 1 rings (SSSR count). The maximum atomic E-state index is 11.5. The number of anilines is 1. The molecule has 1 aromatic rings. The molecule has 0 N–H and O–H groups in total. The van der Waals surface area contributed by atoms with Gasteiger partial charge in [-0.2, -0.15) is 0 Å². The first-order valence-electron chi connectivity index (χ1n) is 6.90. The fourth-order valence-corrected chi connectivity index (χ4v) is 1.83. The molecule has 0 aliphatic carbocycles. The molecule has 0 saturated carbocycles. The average Bonchev–Trinajstić information content (AvgIpc) is 2.35. The summed E-state index contributed by atoms with van der Waals surface area (Å²) < 4.78 is 5.13. The van der Waals surface area contributed by atoms with Crippen LogP contribution in [0.4, 0.5) is 5.69 Å². The molecule has 0 aliphatic heterocycles. The number of carbonyl (C=O) groups is 1. The van der Waals surface area contributed by atoms with E-state index in [9.17, 15) is 4.79 Å². The molecular weight excluding hydrogens is 238 g/mol. The van der Waals surface area contributed by atoms with E-state index in [-0.39, 0.29) is 12.1 Å². The van der Waals surface area contributed by atoms with Gasteiger partial charge in [0, 0.05) is 19.3 Å². The molecule has 106 valence electrons. The molecule has 0 atom stereocenters. The summed E-state index contributed by atoms with van der Waals surface area (Å²) in [5, 5.41) is 0. The maximum absolute atomic E-state index is 11.5. The number of rotatable bonds is 6. The van der Waals surface area contributed by atoms with Crippen molar-refractivity contribution in [1.29, 1.82) is 0 Å². The first-order valence-corrected chi connectivity index (χ1v) is 6.90. The quantitative estimate of drug-likeness (QED) is 0.735. The van der Waals surface area contributed by atoms with Gasteiger partial charge >= 0.3 is 5.97 Å². The number of nitrogens with zero attached hydrogens (tertiary/aromatic N) is 1. The Bertz CT molecular complexity index is 413. The lowest BCUT2D eigenvalue weighted by atomic mass is 10.0. The Balaban J connectivity index is 2.56. The van der Waals surface area contributed by atoms with Gasteiger partial charge in [0.05, 0.1) is 12.5 Å². The molecule has 0 radical (unpaired) electrons. The predicted molar refractivity (Wildman–Crippen MR) is 79.6 cm³/mol. The van der Waals surface area contributed by atoms with Gasteiger partial charge < -0.3 is 9.64 Å². The Morgan fingerprint density at radius 1 is 1.26 bits per heavy atom. The molecular formula is C16H25NO2. The average molecular weight is 263 g/mol. The summed E-state index contributed by atoms with van der Waals surface area (Å²) in [4.78, 5) is 13.6. The lowest BCUT2D eigenvalue weighted by Crippen LogP contribution is -2.23. The second kappa shape index (κ2) is 7.17. The van der Waals surface area contributed by atoms with Crippen molar-refractivity contribution >= 4 is 11.7 Å². The van der Waals surface area contributed by atoms with Crippen molar-refractivity contribution in [2.45, 2.75) is 46.1 Å². The fourth-order valence-electron chi connectivity index (χ4n) is 1.83. The standard InChI is InChI=1S/C16H25NO2/c1-12(2)14-7-6-8-15(11-14)17(5)10-9-16(18)19-13(3)4/h6-8,11-13H,9-10H2,1-5H3. The van der Waals surface area contributed by atoms with Gasteiger partial charge in [0.15, 0.2) is 0 Å². The Hall–Kier alpha value is -1.51. The summed E-state index contributed by atoms with van der Waals surface area (Å²) in [7, 11) is 2.00. The molecule has 19 heavy (non-hydrogen) atoms. The zero-order chi connectivity index (χ0) is 14.4. The van der Waals surface area contributed by atoms with Crippen molar-refractivity contribution in [3.8, 4) is 0 Å². The van der Waals surface area contributed by atoms with Gasteiger partial charge in [-0.1, -0.05) is 26.0 Å². The van der Waals surface area contributed by atoms with Crippen molar-refractivity contribution in [3.63, 3.8) is 0 Å². The lowest BCUT2D eigenvalue weighted by molar-refractivity contribution is -0.147. The van der Waals surface area contributed by atoms with Crippen LogP contribution in [0.5, 0.6) is 0 Å². The fraction of sp³-hybridized carbons (Fsp3) is 0.562. The van der Waals surface area contributed by atoms with E-state index >= 15 is 0 Å². The van der Waals surface area contributed by atoms with E-state index in [0.717, 1.165) is 5.69 Å². The van der Waals surface area contributed by atoms with Crippen LogP contribution in [0.15, 0.2) is 24.3 Å². The largest absolute Gasteiger partial charge is 0.463 e. The molecule has 0 amide bonds. The summed E-state index contributed by atoms with van der Waals surface area (Å²) in [5.74, 6) is 0.376. The van der Waals surface area contributed by atoms with Crippen LogP contribution in [-0.2, 0) is 9.53 Å². The predicted octanol–water partition coefficient (Wildman–Crippen LogP) is 3.59. The van der Waals surface area contributed by atoms with Crippen molar-refractivity contribution < 1.29 is 9.53 Å². The molecule has 0 aliphatic rings. The zero-order valence-electron chi connectivity index (χ0n) is 12.6. The third-order valence-electron chi connectivity index (χ3n) is 3.00. The summed E-state index contributed by atoms with van der Waals surface area (Å²) in [6.45, 7) is 8.77. The number of hydrogen-bond donors (Lipinski definition) is 0. The summed E-state index contributed by atoms with van der Waals surface area (Å²) in [6, 6.07) is 8.45. The van der Waals surface area contributed by atoms with Crippen LogP contribution in [0.25, 0.3) is 0 Å². The van der Waals surface area contributed by atoms with Gasteiger partial charge in [0.2, 0.25) is 0 Å². The van der Waals surface area contributed by atoms with Gasteiger partial charge in [-0.3, -0.25) is 4.79 Å². The van der Waals surface area contributed by atoms with Gasteiger partial charge in [-0.15, -0.1) is 0 Å². The van der Waals surface area contributed by atoms with E-state index in [1.165, 1.54) is 5.56 Å². The first kappa shape index (κ1) is 15.5. The zero-order valence-corrected chi connectivity index (χ0v) is 12.6. The van der Waals surface area contributed by atoms with Crippen molar-refractivity contribution in [1.82, 2.24) is 0 Å². The monoisotopic (exact) mass is 263 g/mol. The third-order valence-corrected chi connectivity index (χ3v) is 3.00. The highest BCUT2D eigenvalue weighted by Gasteiger charge is 2.09. The highest BCUT2D eigenvalue weighted by Crippen LogP contribution is 2.20. The molecule has 3 heteroatoms. The van der Waals surface area contributed by atoms with E-state index in [4.69, 9.17) is 4.74 Å². The molecule has 0 heterocycles. The molecule has 1 aromatic carbocycles. The summed E-state index contributed by atoms with van der Waals surface area (Å²) >= 11 is 0. The number of hydrogen-bond acceptors (Lipinski definition) is 3. The second-order valence-corrected chi connectivity index (χ2v) is 5.46. The molecule has 3 nitrogen and oxygen atoms in total. The van der Waals surface area contributed by atoms with Crippen molar-refractivity contribution in [3.05, 3.63) is 29.8 Å². The lowest BCUT2D eigenvalue weighted by Gasteiger charge is -2.20. The van der Waals surface area contributed by atoms with Crippen LogP contribution in [0, 0.1) is 0 Å². The highest BCUT2D eigenvalue weighted by atomic mass is 16.5. The number of carbonyl (C=O) groups excluding carboxylic acids is 1. The van der Waals surface area contributed by atoms with Crippen molar-refractivity contribution in [2.75, 3.05) is 18.5 Å². The van der Waals surface area contributed by atoms with E-state index in [1.54, 1.807) is 0 Å². The smallest absolute Gasteiger partial charge is 0.307 e. The van der Waals surface area contributed by atoms with Gasteiger partial charge in [-0.05, 0) is 37.5 Å². The minimum absolute atomic E-state index is 0.0397. The van der Waals surface area contributed by atoms with Gasteiger partial charge in [-0.25, -0.2) is 0 Å². The van der Waals surface area contributed by atoms with Crippen LogP contribution < -0.4 is 4.90 Å². The number of benzene rings is 1. The summed E-state index contributed by atoms with van der Waals surface area (Å²) in [6.07, 6.45) is 0.378. The van der Waals surface area contributed by atoms with E-state index in [2.05, 4.69) is 43.0 Å². The SMILES string of the molecule is CC(C)OC(=O)CCN(C)c1cccc(C(C)C)c1. The molecule has 0 fully saturated rings. The summed E-state index contributed by atoms with van der Waals surface area (Å²) in [5.41, 5.74) is 2.46. The van der Waals surface area contributed by atoms with Crippen molar-refractivity contribution in [2.24, 2.45) is 0 Å². The second-order valence-electron chi connectivity index (χ2n) is 5.46. The minimum Gasteiger partial charge on any atom is -0.463 e. The number of esters is 1. The van der Waals surface area contributed by atoms with Crippen LogP contribution in [-0.4, -0.2) is 25.7 Å². The molecule has 0 aromatic heterocycles. The van der Waals surface area contributed by atoms with Crippen LogP contribution >= 0.6 is 0 Å². The van der Waals surface area contributed by atoms with E-state index in [1.807, 2.05) is 20.9 Å². The van der Waals surface area contributed by atoms with Gasteiger partial charge in [0.1, 0.15) is 0 Å². The Morgan fingerprint density at radius 3 is 2.53 bits per heavy atom. The number of ether oxygens (including phenoxy) is 1. The Morgan fingerprint density at radius 2 is 1.95 bits per heavy atom. The minimum atomic E-state index is -0.137. The van der Waals surface area contributed by atoms with Crippen LogP contribution in [0.1, 0.15) is 45.6 Å². The molecule has 0 saturated heterocycles. The third kappa shape index (κ3) is 5.33. The topological polar surface area (TPSA) is 29.5 Å². The van der Waals surface area contributed by atoms with Crippen LogP contribution in [0.2, 0.25) is 0 Å². The normalized spacial score (nSPS) is 10.9. The first-order chi connectivity index (χ1) is 8.90. The van der Waals surface area contributed by atoms with E-state index in [0.29, 0.717) is 18.9 Å². The molecule has 0 unspecified atom stereocenters. The highest BCUT2D eigenvalue weighted by molar-refractivity contribution is 5.70.